The summed E-state index contributed by atoms with van der Waals surface area (Å²) in [5, 5.41) is 8.22. The number of anilines is 1. The molecule has 0 radical (unpaired) electrons. The summed E-state index contributed by atoms with van der Waals surface area (Å²) in [6.07, 6.45) is 8.40. The van der Waals surface area contributed by atoms with Crippen LogP contribution in [-0.2, 0) is 10.0 Å². The summed E-state index contributed by atoms with van der Waals surface area (Å²) < 4.78 is 29.5. The van der Waals surface area contributed by atoms with Gasteiger partial charge in [-0.3, -0.25) is 0 Å². The van der Waals surface area contributed by atoms with Gasteiger partial charge in [-0.25, -0.2) is 33.1 Å². The van der Waals surface area contributed by atoms with Crippen LogP contribution in [0.25, 0.3) is 17.0 Å². The van der Waals surface area contributed by atoms with E-state index in [0.717, 1.165) is 6.42 Å². The van der Waals surface area contributed by atoms with Crippen molar-refractivity contribution in [1.82, 2.24) is 34.4 Å². The minimum Gasteiger partial charge on any atom is -0.368 e. The van der Waals surface area contributed by atoms with Crippen LogP contribution in [0.3, 0.4) is 0 Å². The van der Waals surface area contributed by atoms with Crippen LogP contribution in [0.1, 0.15) is 40.0 Å². The van der Waals surface area contributed by atoms with E-state index >= 15 is 0 Å². The van der Waals surface area contributed by atoms with E-state index in [0.29, 0.717) is 35.6 Å². The lowest BCUT2D eigenvalue weighted by molar-refractivity contribution is 0.339. The molecule has 154 valence electrons. The van der Waals surface area contributed by atoms with Crippen molar-refractivity contribution in [1.29, 1.82) is 0 Å². The highest BCUT2D eigenvalue weighted by molar-refractivity contribution is 7.91. The number of hydrogen-bond acceptors (Lipinski definition) is 8. The first-order valence-electron chi connectivity index (χ1n) is 9.44. The van der Waals surface area contributed by atoms with Crippen LogP contribution in [0.15, 0.2) is 31.0 Å². The summed E-state index contributed by atoms with van der Waals surface area (Å²) in [6, 6.07) is 1.72. The predicted molar refractivity (Wildman–Crippen MR) is 109 cm³/mol. The quantitative estimate of drug-likeness (QED) is 0.621. The minimum atomic E-state index is -3.50. The van der Waals surface area contributed by atoms with E-state index in [2.05, 4.69) is 35.1 Å². The first kappa shape index (κ1) is 19.6. The standard InChI is InChI=1S/C18H24N8O2S/c1-17(2,3)25-29(27,28)18(6-4-7-18)11-21-14-13-10-24-26(15(13)23-12-22-14)16-19-8-5-9-20-16/h5,8-10,12,25H,4,6-7,11H2,1-3H3,(H,21,22,23). The van der Waals surface area contributed by atoms with Gasteiger partial charge in [-0.15, -0.1) is 0 Å². The largest absolute Gasteiger partial charge is 0.368 e. The molecule has 0 spiro atoms. The lowest BCUT2D eigenvalue weighted by Gasteiger charge is -2.42. The second-order valence-electron chi connectivity index (χ2n) is 8.31. The molecule has 0 saturated heterocycles. The van der Waals surface area contributed by atoms with E-state index in [1.165, 1.54) is 11.0 Å². The lowest BCUT2D eigenvalue weighted by atomic mass is 9.84. The van der Waals surface area contributed by atoms with Gasteiger partial charge in [0, 0.05) is 24.5 Å². The molecule has 3 aromatic heterocycles. The third-order valence-corrected chi connectivity index (χ3v) is 7.53. The molecule has 0 bridgehead atoms. The maximum absolute atomic E-state index is 13.0. The predicted octanol–water partition coefficient (Wildman–Crippen LogP) is 1.66. The number of fused-ring (bicyclic) bond motifs is 1. The SMILES string of the molecule is CC(C)(C)NS(=O)(=O)C1(CNc2ncnc3c2cnn3-c2ncccn2)CCC1. The summed E-state index contributed by atoms with van der Waals surface area (Å²) in [6.45, 7) is 5.80. The van der Waals surface area contributed by atoms with Gasteiger partial charge in [0.15, 0.2) is 5.65 Å². The van der Waals surface area contributed by atoms with Crippen LogP contribution in [-0.4, -0.2) is 55.0 Å². The zero-order chi connectivity index (χ0) is 20.7. The molecule has 0 aromatic carbocycles. The fourth-order valence-corrected chi connectivity index (χ4v) is 5.51. The van der Waals surface area contributed by atoms with Crippen LogP contribution in [0.2, 0.25) is 0 Å². The minimum absolute atomic E-state index is 0.261. The van der Waals surface area contributed by atoms with Gasteiger partial charge in [0.2, 0.25) is 10.0 Å². The Bertz CT molecular complexity index is 1120. The van der Waals surface area contributed by atoms with Crippen molar-refractivity contribution in [2.24, 2.45) is 0 Å². The average Bonchev–Trinajstić information content (AvgIpc) is 3.04. The second kappa shape index (κ2) is 6.99. The Hall–Kier alpha value is -2.66. The fraction of sp³-hybridized carbons (Fsp3) is 0.500. The van der Waals surface area contributed by atoms with Crippen LogP contribution < -0.4 is 10.0 Å². The topological polar surface area (TPSA) is 128 Å². The van der Waals surface area contributed by atoms with Crippen molar-refractivity contribution < 1.29 is 8.42 Å². The highest BCUT2D eigenvalue weighted by atomic mass is 32.2. The Balaban J connectivity index is 1.61. The zero-order valence-corrected chi connectivity index (χ0v) is 17.4. The molecular formula is C18H24N8O2S. The van der Waals surface area contributed by atoms with Crippen LogP contribution in [0.4, 0.5) is 5.82 Å². The molecule has 1 aliphatic rings. The van der Waals surface area contributed by atoms with Gasteiger partial charge in [-0.05, 0) is 39.7 Å². The van der Waals surface area contributed by atoms with E-state index < -0.39 is 20.3 Å². The molecule has 11 heteroatoms. The Morgan fingerprint density at radius 3 is 2.48 bits per heavy atom. The molecule has 29 heavy (non-hydrogen) atoms. The maximum Gasteiger partial charge on any atom is 0.252 e. The Labute approximate surface area is 169 Å². The Morgan fingerprint density at radius 2 is 1.86 bits per heavy atom. The van der Waals surface area contributed by atoms with E-state index in [9.17, 15) is 8.42 Å². The smallest absolute Gasteiger partial charge is 0.252 e. The number of hydrogen-bond donors (Lipinski definition) is 2. The van der Waals surface area contributed by atoms with Crippen molar-refractivity contribution in [2.45, 2.75) is 50.3 Å². The van der Waals surface area contributed by atoms with Crippen molar-refractivity contribution in [3.8, 4) is 5.95 Å². The average molecular weight is 417 g/mol. The summed E-state index contributed by atoms with van der Waals surface area (Å²) in [4.78, 5) is 17.0. The third kappa shape index (κ3) is 3.67. The van der Waals surface area contributed by atoms with E-state index in [1.807, 2.05) is 20.8 Å². The highest BCUT2D eigenvalue weighted by Crippen LogP contribution is 2.40. The number of rotatable bonds is 6. The molecule has 2 N–H and O–H groups in total. The molecule has 4 rings (SSSR count). The van der Waals surface area contributed by atoms with Gasteiger partial charge in [0.1, 0.15) is 16.9 Å². The van der Waals surface area contributed by atoms with E-state index in [1.54, 1.807) is 24.7 Å². The molecule has 1 aliphatic carbocycles. The number of nitrogens with zero attached hydrogens (tertiary/aromatic N) is 6. The highest BCUT2D eigenvalue weighted by Gasteiger charge is 2.49. The number of aromatic nitrogens is 6. The lowest BCUT2D eigenvalue weighted by Crippen LogP contribution is -2.58. The molecule has 0 unspecified atom stereocenters. The van der Waals surface area contributed by atoms with Gasteiger partial charge in [-0.1, -0.05) is 6.42 Å². The first-order valence-corrected chi connectivity index (χ1v) is 10.9. The third-order valence-electron chi connectivity index (χ3n) is 4.96. The summed E-state index contributed by atoms with van der Waals surface area (Å²) in [5.74, 6) is 0.939. The van der Waals surface area contributed by atoms with Crippen molar-refractivity contribution in [3.63, 3.8) is 0 Å². The summed E-state index contributed by atoms with van der Waals surface area (Å²) >= 11 is 0. The monoisotopic (exact) mass is 416 g/mol. The van der Waals surface area contributed by atoms with Crippen molar-refractivity contribution in [2.75, 3.05) is 11.9 Å². The normalized spacial score (nSPS) is 16.5. The van der Waals surface area contributed by atoms with Crippen molar-refractivity contribution >= 4 is 26.9 Å². The van der Waals surface area contributed by atoms with Crippen LogP contribution >= 0.6 is 0 Å². The summed E-state index contributed by atoms with van der Waals surface area (Å²) in [5.41, 5.74) is 0.0208. The van der Waals surface area contributed by atoms with Crippen molar-refractivity contribution in [3.05, 3.63) is 31.0 Å². The van der Waals surface area contributed by atoms with E-state index in [4.69, 9.17) is 0 Å². The van der Waals surface area contributed by atoms with Gasteiger partial charge >= 0.3 is 0 Å². The Morgan fingerprint density at radius 1 is 1.14 bits per heavy atom. The zero-order valence-electron chi connectivity index (χ0n) is 16.6. The molecule has 10 nitrogen and oxygen atoms in total. The van der Waals surface area contributed by atoms with Gasteiger partial charge in [0.25, 0.3) is 5.95 Å². The number of sulfonamides is 1. The van der Waals surface area contributed by atoms with Crippen LogP contribution in [0, 0.1) is 0 Å². The molecule has 1 saturated carbocycles. The second-order valence-corrected chi connectivity index (χ2v) is 10.4. The molecule has 0 amide bonds. The van der Waals surface area contributed by atoms with Gasteiger partial charge in [-0.2, -0.15) is 9.78 Å². The molecule has 0 aliphatic heterocycles. The van der Waals surface area contributed by atoms with Gasteiger partial charge < -0.3 is 5.32 Å². The maximum atomic E-state index is 13.0. The van der Waals surface area contributed by atoms with E-state index in [-0.39, 0.29) is 6.54 Å². The molecule has 0 atom stereocenters. The van der Waals surface area contributed by atoms with Gasteiger partial charge in [0.05, 0.1) is 11.6 Å². The molecule has 3 aromatic rings. The molecule has 1 fully saturated rings. The van der Waals surface area contributed by atoms with Crippen LogP contribution in [0.5, 0.6) is 0 Å². The number of nitrogens with one attached hydrogen (secondary N) is 2. The molecule has 3 heterocycles. The fourth-order valence-electron chi connectivity index (χ4n) is 3.40. The Kier molecular flexibility index (Phi) is 4.74. The summed E-state index contributed by atoms with van der Waals surface area (Å²) in [7, 11) is -3.50. The first-order chi connectivity index (χ1) is 13.7. The molecular weight excluding hydrogens is 392 g/mol.